The summed E-state index contributed by atoms with van der Waals surface area (Å²) in [6.07, 6.45) is -1.23. The van der Waals surface area contributed by atoms with Crippen LogP contribution in [-0.2, 0) is 35.6 Å². The largest absolute Gasteiger partial charge is 0.419 e. The fourth-order valence-electron chi connectivity index (χ4n) is 4.89. The van der Waals surface area contributed by atoms with Gasteiger partial charge in [0, 0.05) is 31.8 Å². The zero-order valence-corrected chi connectivity index (χ0v) is 20.0. The summed E-state index contributed by atoms with van der Waals surface area (Å²) in [7, 11) is 1.75. The number of carbonyl (C=O) groups is 1. The van der Waals surface area contributed by atoms with Crippen molar-refractivity contribution in [2.45, 2.75) is 44.1 Å². The number of fused-ring (bicyclic) bond motifs is 2. The molecule has 192 valence electrons. The maximum absolute atomic E-state index is 13.3. The molecule has 2 aliphatic heterocycles. The number of aryl methyl sites for hydroxylation is 1. The third-order valence-electron chi connectivity index (χ3n) is 6.74. The summed E-state index contributed by atoms with van der Waals surface area (Å²) in [5.41, 5.74) is 4.90. The number of nitrogens with two attached hydrogens (primary N) is 1. The van der Waals surface area contributed by atoms with Crippen LogP contribution in [0.1, 0.15) is 37.2 Å². The van der Waals surface area contributed by atoms with Crippen molar-refractivity contribution in [3.05, 3.63) is 41.5 Å². The van der Waals surface area contributed by atoms with Crippen LogP contribution in [0.25, 0.3) is 11.3 Å². The third-order valence-corrected chi connectivity index (χ3v) is 6.74. The van der Waals surface area contributed by atoms with Gasteiger partial charge in [-0.3, -0.25) is 9.36 Å². The van der Waals surface area contributed by atoms with Gasteiger partial charge in [-0.1, -0.05) is 5.21 Å². The standard InChI is InChI=1S/C22H26F3N9O2/c1-20(2,17-11-28-31-32(17)3)29-19(35)33-5-4-21(12-33)16-9-15(30-34(16)6-7-36-21)13-8-14(22(23,24)25)18(26)27-10-13/h8-11H,4-7,12H2,1-3H3,(H2,26,27)(H,29,35). The second-order valence-electron chi connectivity index (χ2n) is 9.60. The smallest absolute Gasteiger partial charge is 0.383 e. The molecule has 0 saturated carbocycles. The van der Waals surface area contributed by atoms with Gasteiger partial charge >= 0.3 is 12.2 Å². The summed E-state index contributed by atoms with van der Waals surface area (Å²) in [6, 6.07) is 2.39. The number of aromatic nitrogens is 6. The number of rotatable bonds is 3. The first-order valence-electron chi connectivity index (χ1n) is 11.4. The Kier molecular flexibility index (Phi) is 5.46. The topological polar surface area (TPSA) is 129 Å². The minimum Gasteiger partial charge on any atom is -0.383 e. The van der Waals surface area contributed by atoms with E-state index in [4.69, 9.17) is 10.5 Å². The van der Waals surface area contributed by atoms with Crippen LogP contribution in [0.4, 0.5) is 23.8 Å². The summed E-state index contributed by atoms with van der Waals surface area (Å²) >= 11 is 0. The van der Waals surface area contributed by atoms with Crippen molar-refractivity contribution < 1.29 is 22.7 Å². The Morgan fingerprint density at radius 3 is 2.69 bits per heavy atom. The predicted octanol–water partition coefficient (Wildman–Crippen LogP) is 2.25. The van der Waals surface area contributed by atoms with E-state index in [0.717, 1.165) is 11.8 Å². The number of hydrogen-bond donors (Lipinski definition) is 2. The van der Waals surface area contributed by atoms with Crippen LogP contribution in [-0.4, -0.2) is 60.4 Å². The van der Waals surface area contributed by atoms with Crippen molar-refractivity contribution in [3.63, 3.8) is 0 Å². The van der Waals surface area contributed by atoms with Gasteiger partial charge in [-0.15, -0.1) is 5.10 Å². The highest BCUT2D eigenvalue weighted by Gasteiger charge is 2.47. The number of nitrogens with zero attached hydrogens (tertiary/aromatic N) is 7. The van der Waals surface area contributed by atoms with Crippen LogP contribution < -0.4 is 11.1 Å². The number of nitrogen functional groups attached to an aromatic ring is 1. The van der Waals surface area contributed by atoms with Crippen LogP contribution in [0.3, 0.4) is 0 Å². The molecule has 0 aliphatic carbocycles. The highest BCUT2D eigenvalue weighted by Crippen LogP contribution is 2.41. The molecule has 2 aliphatic rings. The fourth-order valence-corrected chi connectivity index (χ4v) is 4.89. The Morgan fingerprint density at radius 2 is 2.00 bits per heavy atom. The Hall–Kier alpha value is -3.68. The number of urea groups is 1. The van der Waals surface area contributed by atoms with E-state index < -0.39 is 28.7 Å². The zero-order valence-electron chi connectivity index (χ0n) is 20.0. The monoisotopic (exact) mass is 505 g/mol. The summed E-state index contributed by atoms with van der Waals surface area (Å²) in [5, 5.41) is 15.4. The second kappa shape index (κ2) is 8.18. The average molecular weight is 506 g/mol. The fraction of sp³-hybridized carbons (Fsp3) is 0.500. The predicted molar refractivity (Wildman–Crippen MR) is 121 cm³/mol. The molecule has 1 spiro atoms. The van der Waals surface area contributed by atoms with Gasteiger partial charge in [-0.25, -0.2) is 9.78 Å². The molecular weight excluding hydrogens is 479 g/mol. The molecular formula is C22H26F3N9O2. The first-order chi connectivity index (χ1) is 16.9. The van der Waals surface area contributed by atoms with Crippen molar-refractivity contribution >= 4 is 11.8 Å². The van der Waals surface area contributed by atoms with Gasteiger partial charge in [0.1, 0.15) is 11.4 Å². The minimum atomic E-state index is -4.63. The zero-order chi connectivity index (χ0) is 25.9. The quantitative estimate of drug-likeness (QED) is 0.559. The average Bonchev–Trinajstić information content (AvgIpc) is 3.52. The van der Waals surface area contributed by atoms with E-state index in [-0.39, 0.29) is 18.1 Å². The number of alkyl halides is 3. The number of carbonyl (C=O) groups excluding carboxylic acids is 1. The molecule has 0 radical (unpaired) electrons. The number of anilines is 1. The number of pyridine rings is 1. The summed E-state index contributed by atoms with van der Waals surface area (Å²) < 4.78 is 49.5. The van der Waals surface area contributed by atoms with Crippen molar-refractivity contribution in [2.24, 2.45) is 7.05 Å². The van der Waals surface area contributed by atoms with Gasteiger partial charge in [0.05, 0.1) is 54.1 Å². The van der Waals surface area contributed by atoms with Crippen LogP contribution in [0, 0.1) is 0 Å². The number of ether oxygens (including phenoxy) is 1. The van der Waals surface area contributed by atoms with Crippen LogP contribution >= 0.6 is 0 Å². The minimum absolute atomic E-state index is 0.202. The molecule has 3 aromatic rings. The Morgan fingerprint density at radius 1 is 1.22 bits per heavy atom. The number of nitrogens with one attached hydrogen (secondary N) is 1. The van der Waals surface area contributed by atoms with E-state index in [1.807, 2.05) is 13.8 Å². The molecule has 36 heavy (non-hydrogen) atoms. The van der Waals surface area contributed by atoms with Crippen LogP contribution in [0.15, 0.2) is 24.5 Å². The molecule has 5 rings (SSSR count). The molecule has 11 nitrogen and oxygen atoms in total. The molecule has 3 N–H and O–H groups in total. The molecule has 1 saturated heterocycles. The lowest BCUT2D eigenvalue weighted by Crippen LogP contribution is -2.50. The molecule has 1 unspecified atom stereocenters. The molecule has 1 fully saturated rings. The summed E-state index contributed by atoms with van der Waals surface area (Å²) in [5.74, 6) is -0.586. The molecule has 5 heterocycles. The number of halogens is 3. The number of amides is 2. The van der Waals surface area contributed by atoms with E-state index in [1.54, 1.807) is 33.6 Å². The third kappa shape index (κ3) is 4.04. The van der Waals surface area contributed by atoms with Gasteiger partial charge < -0.3 is 20.7 Å². The second-order valence-corrected chi connectivity index (χ2v) is 9.60. The van der Waals surface area contributed by atoms with Crippen LogP contribution in [0.5, 0.6) is 0 Å². The van der Waals surface area contributed by atoms with Crippen molar-refractivity contribution in [3.8, 4) is 11.3 Å². The molecule has 14 heteroatoms. The Bertz CT molecular complexity index is 1320. The summed E-state index contributed by atoms with van der Waals surface area (Å²) in [4.78, 5) is 18.5. The first kappa shape index (κ1) is 24.0. The van der Waals surface area contributed by atoms with E-state index in [2.05, 4.69) is 25.7 Å². The molecule has 0 bridgehead atoms. The normalized spacial score (nSPS) is 20.1. The van der Waals surface area contributed by atoms with Gasteiger partial charge in [0.2, 0.25) is 0 Å². The molecule has 0 aromatic carbocycles. The van der Waals surface area contributed by atoms with E-state index in [1.165, 1.54) is 6.20 Å². The van der Waals surface area contributed by atoms with Crippen molar-refractivity contribution in [2.75, 3.05) is 25.4 Å². The molecule has 1 atom stereocenters. The van der Waals surface area contributed by atoms with Crippen molar-refractivity contribution in [1.29, 1.82) is 0 Å². The number of hydrogen-bond acceptors (Lipinski definition) is 7. The van der Waals surface area contributed by atoms with Gasteiger partial charge in [-0.2, -0.15) is 18.3 Å². The molecule has 2 amide bonds. The Labute approximate surface area is 204 Å². The Balaban J connectivity index is 1.39. The lowest BCUT2D eigenvalue weighted by molar-refractivity contribution is -0.137. The van der Waals surface area contributed by atoms with E-state index in [0.29, 0.717) is 37.5 Å². The lowest BCUT2D eigenvalue weighted by atomic mass is 9.96. The highest BCUT2D eigenvalue weighted by atomic mass is 19.4. The van der Waals surface area contributed by atoms with Gasteiger partial charge in [-0.05, 0) is 26.0 Å². The van der Waals surface area contributed by atoms with Gasteiger partial charge in [0.25, 0.3) is 0 Å². The number of likely N-dealkylation sites (tertiary alicyclic amines) is 1. The lowest BCUT2D eigenvalue weighted by Gasteiger charge is -2.34. The summed E-state index contributed by atoms with van der Waals surface area (Å²) in [6.45, 7) is 5.25. The van der Waals surface area contributed by atoms with Crippen molar-refractivity contribution in [1.82, 2.24) is 40.0 Å². The van der Waals surface area contributed by atoms with Crippen LogP contribution in [0.2, 0.25) is 0 Å². The van der Waals surface area contributed by atoms with E-state index in [9.17, 15) is 18.0 Å². The van der Waals surface area contributed by atoms with Gasteiger partial charge in [0.15, 0.2) is 0 Å². The maximum Gasteiger partial charge on any atom is 0.419 e. The van der Waals surface area contributed by atoms with E-state index >= 15 is 0 Å². The first-order valence-corrected chi connectivity index (χ1v) is 11.4. The SMILES string of the molecule is Cn1nncc1C(C)(C)NC(=O)N1CCC2(C1)OCCn1nc(-c3cnc(N)c(C(F)(F)F)c3)cc12. The highest BCUT2D eigenvalue weighted by molar-refractivity contribution is 5.76. The maximum atomic E-state index is 13.3. The molecule has 3 aromatic heterocycles.